The predicted octanol–water partition coefficient (Wildman–Crippen LogP) is 3.46. The molecule has 0 heterocycles. The molecule has 5 heteroatoms. The van der Waals surface area contributed by atoms with Crippen LogP contribution in [0.2, 0.25) is 0 Å². The lowest BCUT2D eigenvalue weighted by Gasteiger charge is -2.10. The number of hydrogen-bond acceptors (Lipinski definition) is 3. The van der Waals surface area contributed by atoms with Gasteiger partial charge in [-0.2, -0.15) is 0 Å². The highest BCUT2D eigenvalue weighted by molar-refractivity contribution is 9.10. The minimum Gasteiger partial charge on any atom is -0.496 e. The van der Waals surface area contributed by atoms with E-state index in [-0.39, 0.29) is 5.84 Å². The molecule has 4 nitrogen and oxygen atoms in total. The minimum atomic E-state index is -0.0143. The van der Waals surface area contributed by atoms with E-state index in [0.717, 1.165) is 15.6 Å². The first-order valence-corrected chi connectivity index (χ1v) is 7.23. The Hall–Kier alpha value is -1.85. The summed E-state index contributed by atoms with van der Waals surface area (Å²) in [6.45, 7) is 0.967. The number of nitrogens with two attached hydrogens (primary N) is 1. The second kappa shape index (κ2) is 7.24. The van der Waals surface area contributed by atoms with Crippen molar-refractivity contribution in [3.8, 4) is 5.75 Å². The van der Waals surface area contributed by atoms with Crippen molar-refractivity contribution >= 4 is 21.8 Å². The second-order valence-electron chi connectivity index (χ2n) is 4.53. The van der Waals surface area contributed by atoms with E-state index in [2.05, 4.69) is 15.9 Å². The quantitative estimate of drug-likeness (QED) is 0.620. The minimum absolute atomic E-state index is 0.0143. The molecule has 2 rings (SSSR count). The zero-order valence-electron chi connectivity index (χ0n) is 11.7. The normalized spacial score (nSPS) is 10.4. The van der Waals surface area contributed by atoms with E-state index < -0.39 is 0 Å². The van der Waals surface area contributed by atoms with Gasteiger partial charge in [-0.25, -0.2) is 0 Å². The van der Waals surface area contributed by atoms with E-state index in [9.17, 15) is 0 Å². The molecule has 0 saturated carbocycles. The zero-order chi connectivity index (χ0) is 15.2. The summed E-state index contributed by atoms with van der Waals surface area (Å²) in [4.78, 5) is 0. The number of benzene rings is 2. The van der Waals surface area contributed by atoms with Crippen molar-refractivity contribution in [2.45, 2.75) is 13.2 Å². The molecule has 0 amide bonds. The number of rotatable bonds is 6. The van der Waals surface area contributed by atoms with Crippen LogP contribution in [0.15, 0.2) is 46.9 Å². The van der Waals surface area contributed by atoms with Crippen molar-refractivity contribution < 1.29 is 9.47 Å². The highest BCUT2D eigenvalue weighted by Gasteiger charge is 2.07. The summed E-state index contributed by atoms with van der Waals surface area (Å²) in [6, 6.07) is 13.5. The van der Waals surface area contributed by atoms with Crippen molar-refractivity contribution in [3.63, 3.8) is 0 Å². The first-order chi connectivity index (χ1) is 10.1. The summed E-state index contributed by atoms with van der Waals surface area (Å²) in [7, 11) is 1.56. The summed E-state index contributed by atoms with van der Waals surface area (Å²) in [5.74, 6) is 0.580. The lowest BCUT2D eigenvalue weighted by molar-refractivity contribution is 0.106. The molecule has 3 N–H and O–H groups in total. The number of nitrogen functional groups attached to an aromatic ring is 1. The van der Waals surface area contributed by atoms with Gasteiger partial charge in [0.05, 0.1) is 25.9 Å². The molecule has 110 valence electrons. The fourth-order valence-electron chi connectivity index (χ4n) is 1.95. The molecule has 0 aliphatic carbocycles. The average Bonchev–Trinajstić information content (AvgIpc) is 2.49. The van der Waals surface area contributed by atoms with Gasteiger partial charge >= 0.3 is 0 Å². The molecule has 21 heavy (non-hydrogen) atoms. The van der Waals surface area contributed by atoms with Gasteiger partial charge in [-0.1, -0.05) is 40.2 Å². The molecule has 0 spiro atoms. The van der Waals surface area contributed by atoms with E-state index in [1.165, 1.54) is 0 Å². The summed E-state index contributed by atoms with van der Waals surface area (Å²) in [5, 5.41) is 7.57. The maximum absolute atomic E-state index is 7.57. The first-order valence-electron chi connectivity index (χ1n) is 6.44. The molecule has 0 aliphatic heterocycles. The molecule has 0 unspecified atom stereocenters. The molecule has 0 aromatic heterocycles. The predicted molar refractivity (Wildman–Crippen MR) is 86.6 cm³/mol. The van der Waals surface area contributed by atoms with Crippen LogP contribution in [0.1, 0.15) is 16.7 Å². The third kappa shape index (κ3) is 4.06. The number of nitrogens with one attached hydrogen (secondary N) is 1. The third-order valence-electron chi connectivity index (χ3n) is 3.04. The molecule has 0 bridgehead atoms. The second-order valence-corrected chi connectivity index (χ2v) is 5.39. The molecule has 0 aliphatic rings. The van der Waals surface area contributed by atoms with Gasteiger partial charge in [-0.3, -0.25) is 5.41 Å². The van der Waals surface area contributed by atoms with Crippen LogP contribution in [0.4, 0.5) is 0 Å². The maximum Gasteiger partial charge on any atom is 0.129 e. The Morgan fingerprint density at radius 3 is 2.62 bits per heavy atom. The van der Waals surface area contributed by atoms with Gasteiger partial charge < -0.3 is 15.2 Å². The number of hydrogen-bond donors (Lipinski definition) is 2. The van der Waals surface area contributed by atoms with E-state index in [1.54, 1.807) is 13.2 Å². The molecule has 0 radical (unpaired) electrons. The van der Waals surface area contributed by atoms with Crippen LogP contribution in [-0.2, 0) is 18.0 Å². The van der Waals surface area contributed by atoms with Gasteiger partial charge in [0.1, 0.15) is 11.6 Å². The van der Waals surface area contributed by atoms with Crippen LogP contribution in [0.3, 0.4) is 0 Å². The molecule has 0 saturated heterocycles. The van der Waals surface area contributed by atoms with Gasteiger partial charge in [-0.05, 0) is 29.3 Å². The maximum atomic E-state index is 7.57. The zero-order valence-corrected chi connectivity index (χ0v) is 13.3. The molecular formula is C16H17BrN2O2. The highest BCUT2D eigenvalue weighted by Crippen LogP contribution is 2.21. The fourth-order valence-corrected chi connectivity index (χ4v) is 2.35. The summed E-state index contributed by atoms with van der Waals surface area (Å²) in [5.41, 5.74) is 8.18. The molecular weight excluding hydrogens is 332 g/mol. The van der Waals surface area contributed by atoms with Crippen LogP contribution >= 0.6 is 15.9 Å². The Morgan fingerprint density at radius 1 is 1.19 bits per heavy atom. The van der Waals surface area contributed by atoms with Gasteiger partial charge in [0.15, 0.2) is 0 Å². The van der Waals surface area contributed by atoms with E-state index >= 15 is 0 Å². The standard InChI is InChI=1S/C16H17BrN2O2/c1-20-15-7-6-11(8-13(15)16(18)19)9-21-10-12-4-2-3-5-14(12)17/h2-8H,9-10H2,1H3,(H3,18,19). The Morgan fingerprint density at radius 2 is 1.95 bits per heavy atom. The van der Waals surface area contributed by atoms with E-state index in [4.69, 9.17) is 20.6 Å². The van der Waals surface area contributed by atoms with Crippen LogP contribution in [0, 0.1) is 5.41 Å². The Labute approximate surface area is 132 Å². The summed E-state index contributed by atoms with van der Waals surface area (Å²) in [6.07, 6.45) is 0. The first kappa shape index (κ1) is 15.5. The average molecular weight is 349 g/mol. The van der Waals surface area contributed by atoms with Gasteiger partial charge in [0.25, 0.3) is 0 Å². The molecule has 2 aromatic carbocycles. The number of ether oxygens (including phenoxy) is 2. The van der Waals surface area contributed by atoms with Gasteiger partial charge in [0, 0.05) is 4.47 Å². The van der Waals surface area contributed by atoms with E-state index in [1.807, 2.05) is 36.4 Å². The Kier molecular flexibility index (Phi) is 5.36. The topological polar surface area (TPSA) is 68.3 Å². The van der Waals surface area contributed by atoms with Crippen molar-refractivity contribution in [2.75, 3.05) is 7.11 Å². The van der Waals surface area contributed by atoms with Crippen molar-refractivity contribution in [3.05, 3.63) is 63.6 Å². The smallest absolute Gasteiger partial charge is 0.129 e. The van der Waals surface area contributed by atoms with Crippen LogP contribution in [0.25, 0.3) is 0 Å². The third-order valence-corrected chi connectivity index (χ3v) is 3.81. The molecule has 2 aromatic rings. The fraction of sp³-hybridized carbons (Fsp3) is 0.188. The highest BCUT2D eigenvalue weighted by atomic mass is 79.9. The van der Waals surface area contributed by atoms with Gasteiger partial charge in [-0.15, -0.1) is 0 Å². The SMILES string of the molecule is COc1ccc(COCc2ccccc2Br)cc1C(=N)N. The number of amidine groups is 1. The van der Waals surface area contributed by atoms with Crippen LogP contribution in [-0.4, -0.2) is 12.9 Å². The van der Waals surface area contributed by atoms with Crippen molar-refractivity contribution in [1.29, 1.82) is 5.41 Å². The Balaban J connectivity index is 2.02. The monoisotopic (exact) mass is 348 g/mol. The lowest BCUT2D eigenvalue weighted by atomic mass is 10.1. The summed E-state index contributed by atoms with van der Waals surface area (Å²) >= 11 is 3.49. The lowest BCUT2D eigenvalue weighted by Crippen LogP contribution is -2.13. The van der Waals surface area contributed by atoms with Crippen molar-refractivity contribution in [2.24, 2.45) is 5.73 Å². The number of methoxy groups -OCH3 is 1. The largest absolute Gasteiger partial charge is 0.496 e. The van der Waals surface area contributed by atoms with E-state index in [0.29, 0.717) is 24.5 Å². The summed E-state index contributed by atoms with van der Waals surface area (Å²) < 4.78 is 11.9. The molecule has 0 atom stereocenters. The number of halogens is 1. The molecule has 0 fully saturated rings. The van der Waals surface area contributed by atoms with Crippen molar-refractivity contribution in [1.82, 2.24) is 0 Å². The van der Waals surface area contributed by atoms with Crippen LogP contribution < -0.4 is 10.5 Å². The Bertz CT molecular complexity index is 644. The van der Waals surface area contributed by atoms with Crippen LogP contribution in [0.5, 0.6) is 5.75 Å². The van der Waals surface area contributed by atoms with Gasteiger partial charge in [0.2, 0.25) is 0 Å².